The maximum atomic E-state index is 14.3. The third-order valence-electron chi connectivity index (χ3n) is 10.5. The van der Waals surface area contributed by atoms with Crippen molar-refractivity contribution < 1.29 is 44.4 Å². The third-order valence-corrected chi connectivity index (χ3v) is 10.5. The number of unbranched alkanes of at least 4 members (excludes halogenated alkanes) is 2. The molecule has 0 radical (unpaired) electrons. The van der Waals surface area contributed by atoms with E-state index in [1.807, 2.05) is 0 Å². The van der Waals surface area contributed by atoms with Gasteiger partial charge in [-0.05, 0) is 75.0 Å². The van der Waals surface area contributed by atoms with Gasteiger partial charge in [0, 0.05) is 23.1 Å². The average molecular weight is 646 g/mol. The van der Waals surface area contributed by atoms with Gasteiger partial charge in [0.25, 0.3) is 11.8 Å². The summed E-state index contributed by atoms with van der Waals surface area (Å²) in [6, 6.07) is 7.16. The van der Waals surface area contributed by atoms with Gasteiger partial charge >= 0.3 is 0 Å². The van der Waals surface area contributed by atoms with E-state index in [0.29, 0.717) is 12.0 Å². The number of nitrogens with zero attached hydrogens (tertiary/aromatic N) is 2. The lowest BCUT2D eigenvalue weighted by Gasteiger charge is -2.53. The lowest BCUT2D eigenvalue weighted by Crippen LogP contribution is -2.73. The molecule has 2 unspecified atom stereocenters. The molecule has 47 heavy (non-hydrogen) atoms. The van der Waals surface area contributed by atoms with E-state index in [1.54, 1.807) is 49.3 Å². The average Bonchev–Trinajstić information content (AvgIpc) is 3.25. The van der Waals surface area contributed by atoms with E-state index in [2.05, 4.69) is 6.92 Å². The Morgan fingerprint density at radius 2 is 1.68 bits per heavy atom. The van der Waals surface area contributed by atoms with Crippen LogP contribution in [0.1, 0.15) is 75.6 Å². The lowest BCUT2D eigenvalue weighted by atomic mass is 9.54. The molecule has 1 aliphatic heterocycles. The number of hydrogen-bond acceptors (Lipinski definition) is 10. The number of likely N-dealkylation sites (N-methyl/N-ethyl adjacent to an activating group) is 1. The molecule has 6 atom stereocenters. The molecule has 0 saturated heterocycles. The second kappa shape index (κ2) is 11.7. The number of imide groups is 1. The molecule has 12 heteroatoms. The summed E-state index contributed by atoms with van der Waals surface area (Å²) >= 11 is 0. The zero-order chi connectivity index (χ0) is 34.1. The Morgan fingerprint density at radius 1 is 1.04 bits per heavy atom. The first-order valence-corrected chi connectivity index (χ1v) is 16.0. The standard InChI is InChI=1S/C35H39N3O9/c1-4-5-6-9-16-12-18(15-38-33(45)19-10-7-8-11-20(19)34(38)46)27(39)24-21(16)13-17-14-22-26(37(2)3)29(41)25(32(36)44)31(43)35(22,47)30(42)23(17)28(24)40/h7-8,10-12,17,22,25-26,29,39-41,47H,4-6,9,13-15H2,1-3H3,(H2,36,44)/t17-,22-,25?,26-,29?,35-/m1/s1. The summed E-state index contributed by atoms with van der Waals surface area (Å²) in [4.78, 5) is 69.1. The highest BCUT2D eigenvalue weighted by molar-refractivity contribution is 6.25. The summed E-state index contributed by atoms with van der Waals surface area (Å²) in [6.45, 7) is 1.76. The monoisotopic (exact) mass is 645 g/mol. The molecule has 6 N–H and O–H groups in total. The highest BCUT2D eigenvalue weighted by Gasteiger charge is 2.67. The van der Waals surface area contributed by atoms with Gasteiger partial charge in [-0.1, -0.05) is 31.9 Å². The quantitative estimate of drug-likeness (QED) is 0.160. The molecule has 2 saturated carbocycles. The van der Waals surface area contributed by atoms with E-state index in [-0.39, 0.29) is 47.2 Å². The number of aliphatic hydroxyl groups is 3. The molecule has 1 heterocycles. The minimum atomic E-state index is -2.76. The molecule has 2 aromatic carbocycles. The number of rotatable bonds is 8. The number of phenolic OH excluding ortho intramolecular Hbond substituents is 1. The Bertz CT molecular complexity index is 1730. The van der Waals surface area contributed by atoms with Gasteiger partial charge in [0.05, 0.1) is 29.3 Å². The van der Waals surface area contributed by atoms with Gasteiger partial charge in [0.15, 0.2) is 11.4 Å². The van der Waals surface area contributed by atoms with Crippen LogP contribution in [0, 0.1) is 17.8 Å². The van der Waals surface area contributed by atoms with Crippen molar-refractivity contribution in [1.82, 2.24) is 9.80 Å². The fourth-order valence-corrected chi connectivity index (χ4v) is 8.27. The molecule has 0 bridgehead atoms. The van der Waals surface area contributed by atoms with E-state index < -0.39 is 76.3 Å². The van der Waals surface area contributed by atoms with Crippen molar-refractivity contribution in [3.8, 4) is 5.75 Å². The molecular formula is C35H39N3O9. The van der Waals surface area contributed by atoms with Crippen LogP contribution in [0.3, 0.4) is 0 Å². The number of amides is 3. The number of primary amides is 1. The Morgan fingerprint density at radius 3 is 2.26 bits per heavy atom. The molecular weight excluding hydrogens is 606 g/mol. The number of ketones is 2. The largest absolute Gasteiger partial charge is 0.507 e. The molecule has 12 nitrogen and oxygen atoms in total. The van der Waals surface area contributed by atoms with Crippen LogP contribution in [0.2, 0.25) is 0 Å². The summed E-state index contributed by atoms with van der Waals surface area (Å²) < 4.78 is 0. The third kappa shape index (κ3) is 4.72. The molecule has 3 aliphatic carbocycles. The number of nitrogens with two attached hydrogens (primary N) is 1. The van der Waals surface area contributed by atoms with Crippen molar-refractivity contribution in [1.29, 1.82) is 0 Å². The van der Waals surface area contributed by atoms with Crippen LogP contribution in [-0.4, -0.2) is 91.4 Å². The smallest absolute Gasteiger partial charge is 0.261 e. The molecule has 0 spiro atoms. The summed E-state index contributed by atoms with van der Waals surface area (Å²) in [5.74, 6) is -9.24. The second-order valence-corrected chi connectivity index (χ2v) is 13.4. The number of phenols is 1. The molecule has 4 aliphatic rings. The first kappa shape index (κ1) is 32.5. The number of aromatic hydroxyl groups is 1. The van der Waals surface area contributed by atoms with Crippen molar-refractivity contribution >= 4 is 35.0 Å². The van der Waals surface area contributed by atoms with E-state index >= 15 is 0 Å². The topological polar surface area (TPSA) is 199 Å². The van der Waals surface area contributed by atoms with Crippen LogP contribution in [-0.2, 0) is 33.8 Å². The summed E-state index contributed by atoms with van der Waals surface area (Å²) in [5, 5.41) is 46.5. The normalized spacial score (nSPS) is 28.4. The first-order valence-electron chi connectivity index (χ1n) is 16.0. The number of aliphatic hydroxyl groups excluding tert-OH is 2. The van der Waals surface area contributed by atoms with Gasteiger partial charge < -0.3 is 31.1 Å². The zero-order valence-electron chi connectivity index (χ0n) is 26.5. The van der Waals surface area contributed by atoms with E-state index in [9.17, 15) is 44.4 Å². The summed E-state index contributed by atoms with van der Waals surface area (Å²) in [7, 11) is 3.21. The fraction of sp³-hybridized carbons (Fsp3) is 0.457. The zero-order valence-corrected chi connectivity index (χ0v) is 26.5. The molecule has 248 valence electrons. The highest BCUT2D eigenvalue weighted by atomic mass is 16.3. The number of hydrogen-bond donors (Lipinski definition) is 5. The van der Waals surface area contributed by atoms with Crippen LogP contribution in [0.25, 0.3) is 5.76 Å². The SMILES string of the molecule is CCCCCc1cc(CN2C(=O)c3ccccc3C2=O)c(O)c2c1C[C@@H]1C[C@@H]3[C@@H](N(C)C)C(O)C(C(N)=O)C(=O)[C@]3(O)C(=O)C1=C2O. The maximum absolute atomic E-state index is 14.3. The maximum Gasteiger partial charge on any atom is 0.261 e. The Kier molecular flexibility index (Phi) is 8.10. The van der Waals surface area contributed by atoms with Gasteiger partial charge in [-0.3, -0.25) is 28.9 Å². The van der Waals surface area contributed by atoms with Crippen LogP contribution in [0.5, 0.6) is 5.75 Å². The van der Waals surface area contributed by atoms with Gasteiger partial charge in [-0.2, -0.15) is 0 Å². The van der Waals surface area contributed by atoms with Gasteiger partial charge in [-0.25, -0.2) is 0 Å². The number of carbonyl (C=O) groups is 5. The second-order valence-electron chi connectivity index (χ2n) is 13.4. The number of benzene rings is 2. The van der Waals surface area contributed by atoms with Crippen LogP contribution in [0.15, 0.2) is 35.9 Å². The number of Topliss-reactive ketones (excluding diaryl/α,β-unsaturated/α-hetero) is 2. The summed E-state index contributed by atoms with van der Waals surface area (Å²) in [6.07, 6.45) is 1.80. The van der Waals surface area contributed by atoms with Crippen molar-refractivity contribution in [2.75, 3.05) is 14.1 Å². The van der Waals surface area contributed by atoms with Gasteiger partial charge in [-0.15, -0.1) is 0 Å². The van der Waals surface area contributed by atoms with E-state index in [4.69, 9.17) is 5.73 Å². The lowest BCUT2D eigenvalue weighted by molar-refractivity contribution is -0.184. The fourth-order valence-electron chi connectivity index (χ4n) is 8.27. The predicted molar refractivity (Wildman–Crippen MR) is 168 cm³/mol. The van der Waals surface area contributed by atoms with E-state index in [1.165, 1.54) is 0 Å². The van der Waals surface area contributed by atoms with E-state index in [0.717, 1.165) is 29.7 Å². The summed E-state index contributed by atoms with van der Waals surface area (Å²) in [5.41, 5.74) is 4.44. The highest BCUT2D eigenvalue weighted by Crippen LogP contribution is 2.53. The number of carbonyl (C=O) groups excluding carboxylic acids is 5. The van der Waals surface area contributed by atoms with Crippen molar-refractivity contribution in [2.45, 2.75) is 69.7 Å². The Balaban J connectivity index is 1.48. The Hall–Kier alpha value is -4.39. The number of aryl methyl sites for hydroxylation is 1. The number of fused-ring (bicyclic) bond motifs is 4. The molecule has 2 aromatic rings. The first-order chi connectivity index (χ1) is 22.2. The molecule has 2 fully saturated rings. The van der Waals surface area contributed by atoms with Crippen LogP contribution in [0.4, 0.5) is 0 Å². The molecule has 3 amide bonds. The van der Waals surface area contributed by atoms with Crippen LogP contribution >= 0.6 is 0 Å². The van der Waals surface area contributed by atoms with Crippen molar-refractivity contribution in [2.24, 2.45) is 23.5 Å². The van der Waals surface area contributed by atoms with Gasteiger partial charge in [0.1, 0.15) is 17.4 Å². The minimum absolute atomic E-state index is 0.0180. The Labute approximate surface area is 271 Å². The molecule has 6 rings (SSSR count). The minimum Gasteiger partial charge on any atom is -0.507 e. The van der Waals surface area contributed by atoms with Gasteiger partial charge in [0.2, 0.25) is 11.7 Å². The predicted octanol–water partition coefficient (Wildman–Crippen LogP) is 1.66. The van der Waals surface area contributed by atoms with Crippen molar-refractivity contribution in [3.05, 3.63) is 69.3 Å². The van der Waals surface area contributed by atoms with Crippen molar-refractivity contribution in [3.63, 3.8) is 0 Å². The van der Waals surface area contributed by atoms with Crippen LogP contribution < -0.4 is 5.73 Å². The molecule has 0 aromatic heterocycles.